The van der Waals surface area contributed by atoms with Crippen molar-refractivity contribution in [1.29, 1.82) is 0 Å². The molecule has 1 aromatic heterocycles. The fourth-order valence-electron chi connectivity index (χ4n) is 2.76. The second-order valence-corrected chi connectivity index (χ2v) is 5.57. The van der Waals surface area contributed by atoms with E-state index in [1.807, 2.05) is 41.3 Å². The number of rotatable bonds is 5. The Morgan fingerprint density at radius 2 is 2.18 bits per heavy atom. The summed E-state index contributed by atoms with van der Waals surface area (Å²) in [5, 5.41) is 12.5. The molecule has 3 rings (SSSR count). The Bertz CT molecular complexity index is 625. The SMILES string of the molecule is O=C(c1ccccc1NCc1ccco1)N1CCC(CO)C1. The number of carbonyl (C=O) groups is 1. The molecule has 2 aromatic rings. The van der Waals surface area contributed by atoms with Crippen LogP contribution in [0, 0.1) is 5.92 Å². The third kappa shape index (κ3) is 3.14. The van der Waals surface area contributed by atoms with Crippen LogP contribution in [0.15, 0.2) is 47.1 Å². The highest BCUT2D eigenvalue weighted by Crippen LogP contribution is 2.23. The van der Waals surface area contributed by atoms with E-state index in [0.717, 1.165) is 17.9 Å². The number of benzene rings is 1. The molecule has 1 unspecified atom stereocenters. The molecule has 5 nitrogen and oxygen atoms in total. The monoisotopic (exact) mass is 300 g/mol. The number of furan rings is 1. The highest BCUT2D eigenvalue weighted by Gasteiger charge is 2.27. The van der Waals surface area contributed by atoms with Crippen LogP contribution < -0.4 is 5.32 Å². The highest BCUT2D eigenvalue weighted by molar-refractivity contribution is 5.99. The van der Waals surface area contributed by atoms with E-state index in [1.54, 1.807) is 6.26 Å². The highest BCUT2D eigenvalue weighted by atomic mass is 16.3. The van der Waals surface area contributed by atoms with Gasteiger partial charge in [-0.05, 0) is 30.7 Å². The summed E-state index contributed by atoms with van der Waals surface area (Å²) in [5.41, 5.74) is 1.46. The minimum absolute atomic E-state index is 0.0125. The zero-order chi connectivity index (χ0) is 15.4. The van der Waals surface area contributed by atoms with Gasteiger partial charge in [-0.1, -0.05) is 12.1 Å². The van der Waals surface area contributed by atoms with Crippen molar-refractivity contribution in [1.82, 2.24) is 4.90 Å². The summed E-state index contributed by atoms with van der Waals surface area (Å²) < 4.78 is 5.30. The summed E-state index contributed by atoms with van der Waals surface area (Å²) in [7, 11) is 0. The van der Waals surface area contributed by atoms with Gasteiger partial charge in [0.15, 0.2) is 0 Å². The van der Waals surface area contributed by atoms with Crippen LogP contribution in [0.5, 0.6) is 0 Å². The van der Waals surface area contributed by atoms with Gasteiger partial charge in [-0.2, -0.15) is 0 Å². The predicted molar refractivity (Wildman–Crippen MR) is 83.6 cm³/mol. The van der Waals surface area contributed by atoms with Crippen LogP contribution in [0.1, 0.15) is 22.5 Å². The van der Waals surface area contributed by atoms with Crippen molar-refractivity contribution in [2.75, 3.05) is 25.0 Å². The van der Waals surface area contributed by atoms with Gasteiger partial charge in [0.05, 0.1) is 18.4 Å². The molecule has 1 atom stereocenters. The fourth-order valence-corrected chi connectivity index (χ4v) is 2.76. The smallest absolute Gasteiger partial charge is 0.255 e. The summed E-state index contributed by atoms with van der Waals surface area (Å²) in [6, 6.07) is 11.2. The maximum Gasteiger partial charge on any atom is 0.255 e. The molecule has 1 aromatic carbocycles. The van der Waals surface area contributed by atoms with Crippen molar-refractivity contribution >= 4 is 11.6 Å². The number of likely N-dealkylation sites (tertiary alicyclic amines) is 1. The molecular weight excluding hydrogens is 280 g/mol. The Morgan fingerprint density at radius 1 is 1.32 bits per heavy atom. The van der Waals surface area contributed by atoms with Crippen molar-refractivity contribution < 1.29 is 14.3 Å². The van der Waals surface area contributed by atoms with E-state index in [-0.39, 0.29) is 18.4 Å². The van der Waals surface area contributed by atoms with Gasteiger partial charge in [-0.15, -0.1) is 0 Å². The molecule has 0 aliphatic carbocycles. The summed E-state index contributed by atoms with van der Waals surface area (Å²) in [6.45, 7) is 2.01. The van der Waals surface area contributed by atoms with E-state index < -0.39 is 0 Å². The molecule has 1 amide bonds. The second kappa shape index (κ2) is 6.66. The van der Waals surface area contributed by atoms with Crippen LogP contribution in [0.2, 0.25) is 0 Å². The van der Waals surface area contributed by atoms with Crippen molar-refractivity contribution in [2.24, 2.45) is 5.92 Å². The molecular formula is C17H20N2O3. The molecule has 0 spiro atoms. The van der Waals surface area contributed by atoms with Crippen LogP contribution in [0.25, 0.3) is 0 Å². The van der Waals surface area contributed by atoms with Gasteiger partial charge in [0, 0.05) is 31.3 Å². The Balaban J connectivity index is 1.71. The molecule has 2 N–H and O–H groups in total. The summed E-state index contributed by atoms with van der Waals surface area (Å²) in [5.74, 6) is 1.04. The maximum absolute atomic E-state index is 12.7. The van der Waals surface area contributed by atoms with Gasteiger partial charge >= 0.3 is 0 Å². The normalized spacial score (nSPS) is 17.7. The first kappa shape index (κ1) is 14.7. The maximum atomic E-state index is 12.7. The first-order valence-corrected chi connectivity index (χ1v) is 7.53. The summed E-state index contributed by atoms with van der Waals surface area (Å²) in [6.07, 6.45) is 2.50. The number of aliphatic hydroxyl groups excluding tert-OH is 1. The van der Waals surface area contributed by atoms with Gasteiger partial charge in [0.1, 0.15) is 5.76 Å². The number of nitrogens with one attached hydrogen (secondary N) is 1. The molecule has 1 aliphatic heterocycles. The molecule has 0 radical (unpaired) electrons. The van der Waals surface area contributed by atoms with E-state index in [0.29, 0.717) is 25.2 Å². The lowest BCUT2D eigenvalue weighted by atomic mass is 10.1. The van der Waals surface area contributed by atoms with Crippen LogP contribution in [-0.4, -0.2) is 35.6 Å². The topological polar surface area (TPSA) is 65.7 Å². The van der Waals surface area contributed by atoms with Crippen molar-refractivity contribution in [2.45, 2.75) is 13.0 Å². The minimum Gasteiger partial charge on any atom is -0.467 e. The quantitative estimate of drug-likeness (QED) is 0.889. The zero-order valence-corrected chi connectivity index (χ0v) is 12.4. The van der Waals surface area contributed by atoms with Crippen LogP contribution in [0.3, 0.4) is 0 Å². The van der Waals surface area contributed by atoms with E-state index in [9.17, 15) is 9.90 Å². The van der Waals surface area contributed by atoms with Gasteiger partial charge < -0.3 is 19.7 Å². The Morgan fingerprint density at radius 3 is 2.91 bits per heavy atom. The van der Waals surface area contributed by atoms with Crippen LogP contribution in [-0.2, 0) is 6.54 Å². The van der Waals surface area contributed by atoms with E-state index in [4.69, 9.17) is 4.42 Å². The Hall–Kier alpha value is -2.27. The second-order valence-electron chi connectivity index (χ2n) is 5.57. The van der Waals surface area contributed by atoms with Crippen molar-refractivity contribution in [3.05, 3.63) is 54.0 Å². The zero-order valence-electron chi connectivity index (χ0n) is 12.4. The molecule has 22 heavy (non-hydrogen) atoms. The van der Waals surface area contributed by atoms with Crippen LogP contribution >= 0.6 is 0 Å². The average molecular weight is 300 g/mol. The lowest BCUT2D eigenvalue weighted by Gasteiger charge is -2.18. The largest absolute Gasteiger partial charge is 0.467 e. The molecule has 1 fully saturated rings. The van der Waals surface area contributed by atoms with Gasteiger partial charge in [-0.25, -0.2) is 0 Å². The van der Waals surface area contributed by atoms with Crippen LogP contribution in [0.4, 0.5) is 5.69 Å². The lowest BCUT2D eigenvalue weighted by molar-refractivity contribution is 0.0783. The molecule has 0 bridgehead atoms. The number of nitrogens with zero attached hydrogens (tertiary/aromatic N) is 1. The molecule has 116 valence electrons. The van der Waals surface area contributed by atoms with E-state index in [2.05, 4.69) is 5.32 Å². The predicted octanol–water partition coefficient (Wildman–Crippen LogP) is 2.35. The third-order valence-corrected chi connectivity index (χ3v) is 4.02. The van der Waals surface area contributed by atoms with E-state index >= 15 is 0 Å². The standard InChI is InChI=1S/C17H20N2O3/c20-12-13-7-8-19(11-13)17(21)15-5-1-2-6-16(15)18-10-14-4-3-9-22-14/h1-6,9,13,18,20H,7-8,10-12H2. The first-order valence-electron chi connectivity index (χ1n) is 7.53. The number of para-hydroxylation sites is 1. The van der Waals surface area contributed by atoms with Gasteiger partial charge in [0.25, 0.3) is 5.91 Å². The summed E-state index contributed by atoms with van der Waals surface area (Å²) >= 11 is 0. The number of carbonyl (C=O) groups excluding carboxylic acids is 1. The first-order chi connectivity index (χ1) is 10.8. The van der Waals surface area contributed by atoms with Crippen molar-refractivity contribution in [3.8, 4) is 0 Å². The summed E-state index contributed by atoms with van der Waals surface area (Å²) in [4.78, 5) is 14.5. The number of aliphatic hydroxyl groups is 1. The van der Waals surface area contributed by atoms with Gasteiger partial charge in [-0.3, -0.25) is 4.79 Å². The minimum atomic E-state index is 0.0125. The fraction of sp³-hybridized carbons (Fsp3) is 0.353. The Kier molecular flexibility index (Phi) is 4.44. The lowest BCUT2D eigenvalue weighted by Crippen LogP contribution is -2.29. The number of amides is 1. The molecule has 2 heterocycles. The molecule has 1 aliphatic rings. The molecule has 1 saturated heterocycles. The molecule has 0 saturated carbocycles. The number of anilines is 1. The number of hydrogen-bond donors (Lipinski definition) is 2. The molecule has 5 heteroatoms. The average Bonchev–Trinajstić information content (AvgIpc) is 3.24. The Labute approximate surface area is 129 Å². The number of hydrogen-bond acceptors (Lipinski definition) is 4. The van der Waals surface area contributed by atoms with Crippen molar-refractivity contribution in [3.63, 3.8) is 0 Å². The third-order valence-electron chi connectivity index (χ3n) is 4.02. The van der Waals surface area contributed by atoms with E-state index in [1.165, 1.54) is 0 Å². The van der Waals surface area contributed by atoms with Gasteiger partial charge in [0.2, 0.25) is 0 Å².